The largest absolute Gasteiger partial charge is 0.489 e. The van der Waals surface area contributed by atoms with E-state index < -0.39 is 23.0 Å². The van der Waals surface area contributed by atoms with Crippen molar-refractivity contribution in [3.8, 4) is 11.5 Å². The molecular formula is C28H22F4O2. The number of halogens is 4. The summed E-state index contributed by atoms with van der Waals surface area (Å²) in [4.78, 5) is 0. The van der Waals surface area contributed by atoms with Crippen LogP contribution in [0.1, 0.15) is 22.3 Å². The van der Waals surface area contributed by atoms with Crippen LogP contribution in [-0.4, -0.2) is 0 Å². The summed E-state index contributed by atoms with van der Waals surface area (Å²) in [7, 11) is 0. The zero-order valence-corrected chi connectivity index (χ0v) is 18.1. The SMILES string of the molecule is FC(F)(c1ccc(OCc2ccccc2)cc1)C(F)(F)c1ccc(OCc2ccccc2)cc1. The minimum Gasteiger partial charge on any atom is -0.489 e. The summed E-state index contributed by atoms with van der Waals surface area (Å²) in [5.74, 6) is -8.22. The van der Waals surface area contributed by atoms with Gasteiger partial charge >= 0.3 is 11.8 Å². The molecule has 0 aliphatic rings. The van der Waals surface area contributed by atoms with E-state index in [0.29, 0.717) is 11.5 Å². The third-order valence-corrected chi connectivity index (χ3v) is 5.32. The Balaban J connectivity index is 1.42. The van der Waals surface area contributed by atoms with E-state index in [1.54, 1.807) is 0 Å². The van der Waals surface area contributed by atoms with Crippen LogP contribution in [0.3, 0.4) is 0 Å². The molecule has 0 spiro atoms. The molecule has 0 aliphatic carbocycles. The molecule has 0 saturated heterocycles. The first-order chi connectivity index (χ1) is 16.4. The Morgan fingerprint density at radius 1 is 0.441 bits per heavy atom. The second-order valence-electron chi connectivity index (χ2n) is 7.75. The van der Waals surface area contributed by atoms with Gasteiger partial charge in [0.05, 0.1) is 0 Å². The predicted molar refractivity (Wildman–Crippen MR) is 122 cm³/mol. The minimum atomic E-state index is -4.42. The number of alkyl halides is 4. The highest BCUT2D eigenvalue weighted by Gasteiger charge is 2.58. The predicted octanol–water partition coefficient (Wildman–Crippen LogP) is 7.73. The Hall–Kier alpha value is -3.80. The fourth-order valence-corrected chi connectivity index (χ4v) is 3.37. The molecule has 0 aliphatic heterocycles. The van der Waals surface area contributed by atoms with Crippen molar-refractivity contribution >= 4 is 0 Å². The van der Waals surface area contributed by atoms with E-state index in [4.69, 9.17) is 9.47 Å². The van der Waals surface area contributed by atoms with Gasteiger partial charge < -0.3 is 9.47 Å². The van der Waals surface area contributed by atoms with Crippen LogP contribution < -0.4 is 9.47 Å². The molecule has 4 aromatic carbocycles. The molecule has 0 radical (unpaired) electrons. The van der Waals surface area contributed by atoms with E-state index in [9.17, 15) is 17.6 Å². The summed E-state index contributed by atoms with van der Waals surface area (Å²) < 4.78 is 70.5. The number of ether oxygens (including phenoxy) is 2. The van der Waals surface area contributed by atoms with Gasteiger partial charge in [-0.1, -0.05) is 60.7 Å². The highest BCUT2D eigenvalue weighted by Crippen LogP contribution is 2.49. The van der Waals surface area contributed by atoms with Crippen molar-refractivity contribution in [2.24, 2.45) is 0 Å². The minimum absolute atomic E-state index is 0.241. The van der Waals surface area contributed by atoms with Gasteiger partial charge in [0, 0.05) is 11.1 Å². The maximum atomic E-state index is 14.8. The van der Waals surface area contributed by atoms with Gasteiger partial charge in [0.1, 0.15) is 24.7 Å². The third kappa shape index (κ3) is 5.22. The molecule has 0 fully saturated rings. The normalized spacial score (nSPS) is 11.8. The fraction of sp³-hybridized carbons (Fsp3) is 0.143. The molecule has 0 heterocycles. The quantitative estimate of drug-likeness (QED) is 0.235. The van der Waals surface area contributed by atoms with Crippen molar-refractivity contribution in [1.82, 2.24) is 0 Å². The van der Waals surface area contributed by atoms with Gasteiger partial charge in [-0.05, 0) is 59.7 Å². The molecule has 4 aromatic rings. The molecular weight excluding hydrogens is 444 g/mol. The lowest BCUT2D eigenvalue weighted by Gasteiger charge is -2.27. The van der Waals surface area contributed by atoms with Gasteiger partial charge in [0.2, 0.25) is 0 Å². The summed E-state index contributed by atoms with van der Waals surface area (Å²) in [6.07, 6.45) is 0. The Labute approximate surface area is 195 Å². The van der Waals surface area contributed by atoms with Gasteiger partial charge in [-0.25, -0.2) is 0 Å². The number of hydrogen-bond acceptors (Lipinski definition) is 2. The standard InChI is InChI=1S/C28H22F4O2/c29-27(30,23-11-15-25(16-12-23)33-19-21-7-3-1-4-8-21)28(31,32)24-13-17-26(18-14-24)34-20-22-9-5-2-6-10-22/h1-18H,19-20H2. The first-order valence-corrected chi connectivity index (χ1v) is 10.7. The van der Waals surface area contributed by atoms with Crippen molar-refractivity contribution in [2.75, 3.05) is 0 Å². The second-order valence-corrected chi connectivity index (χ2v) is 7.75. The number of rotatable bonds is 9. The lowest BCUT2D eigenvalue weighted by molar-refractivity contribution is -0.223. The number of benzene rings is 4. The van der Waals surface area contributed by atoms with E-state index in [0.717, 1.165) is 35.4 Å². The molecule has 0 saturated carbocycles. The lowest BCUT2D eigenvalue weighted by Crippen LogP contribution is -2.35. The van der Waals surface area contributed by atoms with Gasteiger partial charge in [-0.3, -0.25) is 0 Å². The van der Waals surface area contributed by atoms with Crippen LogP contribution in [0.25, 0.3) is 0 Å². The van der Waals surface area contributed by atoms with Crippen molar-refractivity contribution in [1.29, 1.82) is 0 Å². The average molecular weight is 466 g/mol. The zero-order valence-electron chi connectivity index (χ0n) is 18.1. The smallest absolute Gasteiger partial charge is 0.339 e. The summed E-state index contributed by atoms with van der Waals surface area (Å²) >= 11 is 0. The molecule has 34 heavy (non-hydrogen) atoms. The number of hydrogen-bond donors (Lipinski definition) is 0. The highest BCUT2D eigenvalue weighted by molar-refractivity contribution is 5.36. The summed E-state index contributed by atoms with van der Waals surface area (Å²) in [6, 6.07) is 27.5. The van der Waals surface area contributed by atoms with E-state index >= 15 is 0 Å². The van der Waals surface area contributed by atoms with Crippen molar-refractivity contribution in [3.05, 3.63) is 131 Å². The van der Waals surface area contributed by atoms with Gasteiger partial charge in [0.25, 0.3) is 0 Å². The van der Waals surface area contributed by atoms with E-state index in [1.165, 1.54) is 24.3 Å². The van der Waals surface area contributed by atoms with Crippen molar-refractivity contribution in [3.63, 3.8) is 0 Å². The summed E-state index contributed by atoms with van der Waals surface area (Å²) in [6.45, 7) is 0.483. The summed E-state index contributed by atoms with van der Waals surface area (Å²) in [5, 5.41) is 0. The molecule has 0 N–H and O–H groups in total. The fourth-order valence-electron chi connectivity index (χ4n) is 3.37. The first kappa shape index (κ1) is 23.4. The average Bonchev–Trinajstić information content (AvgIpc) is 2.88. The Bertz CT molecular complexity index is 1080. The van der Waals surface area contributed by atoms with Gasteiger partial charge in [-0.2, -0.15) is 17.6 Å². The van der Waals surface area contributed by atoms with Crippen LogP contribution in [0.4, 0.5) is 17.6 Å². The van der Waals surface area contributed by atoms with Crippen molar-refractivity contribution < 1.29 is 27.0 Å². The van der Waals surface area contributed by atoms with E-state index in [1.807, 2.05) is 60.7 Å². The Morgan fingerprint density at radius 3 is 1.09 bits per heavy atom. The first-order valence-electron chi connectivity index (χ1n) is 10.7. The molecule has 2 nitrogen and oxygen atoms in total. The van der Waals surface area contributed by atoms with E-state index in [2.05, 4.69) is 0 Å². The zero-order chi connectivity index (χ0) is 24.0. The molecule has 0 amide bonds. The monoisotopic (exact) mass is 466 g/mol. The third-order valence-electron chi connectivity index (χ3n) is 5.32. The maximum absolute atomic E-state index is 14.8. The van der Waals surface area contributed by atoms with Crippen molar-refractivity contribution in [2.45, 2.75) is 25.1 Å². The molecule has 6 heteroatoms. The van der Waals surface area contributed by atoms with Crippen LogP contribution in [0, 0.1) is 0 Å². The van der Waals surface area contributed by atoms with E-state index in [-0.39, 0.29) is 13.2 Å². The highest BCUT2D eigenvalue weighted by atomic mass is 19.3. The maximum Gasteiger partial charge on any atom is 0.339 e. The molecule has 0 bridgehead atoms. The Morgan fingerprint density at radius 2 is 0.765 bits per heavy atom. The van der Waals surface area contributed by atoms with Crippen LogP contribution in [-0.2, 0) is 25.1 Å². The topological polar surface area (TPSA) is 18.5 Å². The molecule has 0 atom stereocenters. The van der Waals surface area contributed by atoms with Crippen LogP contribution >= 0.6 is 0 Å². The second kappa shape index (κ2) is 10.00. The van der Waals surface area contributed by atoms with Crippen LogP contribution in [0.15, 0.2) is 109 Å². The lowest BCUT2D eigenvalue weighted by atomic mass is 9.96. The van der Waals surface area contributed by atoms with Crippen LogP contribution in [0.2, 0.25) is 0 Å². The molecule has 174 valence electrons. The molecule has 4 rings (SSSR count). The van der Waals surface area contributed by atoms with Gasteiger partial charge in [0.15, 0.2) is 0 Å². The molecule has 0 aromatic heterocycles. The van der Waals surface area contributed by atoms with Gasteiger partial charge in [-0.15, -0.1) is 0 Å². The van der Waals surface area contributed by atoms with Crippen LogP contribution in [0.5, 0.6) is 11.5 Å². The molecule has 0 unspecified atom stereocenters. The Kier molecular flexibility index (Phi) is 6.87. The summed E-state index contributed by atoms with van der Waals surface area (Å²) in [5.41, 5.74) is 0.210.